The maximum atomic E-state index is 5.48. The Hall–Kier alpha value is -1.14. The minimum Gasteiger partial charge on any atom is -0.457 e. The number of nitrogens with zero attached hydrogens (tertiary/aromatic N) is 2. The summed E-state index contributed by atoms with van der Waals surface area (Å²) >= 11 is 3.27. The molecule has 0 fully saturated rings. The van der Waals surface area contributed by atoms with Gasteiger partial charge in [-0.3, -0.25) is 0 Å². The maximum absolute atomic E-state index is 5.48. The third-order valence-electron chi connectivity index (χ3n) is 2.02. The fourth-order valence-corrected chi connectivity index (χ4v) is 1.66. The first-order valence-corrected chi connectivity index (χ1v) is 5.87. The molecule has 0 unspecified atom stereocenters. The Morgan fingerprint density at radius 2 is 2.31 bits per heavy atom. The molecule has 0 amide bonds. The van der Waals surface area contributed by atoms with E-state index in [1.807, 2.05) is 0 Å². The fourth-order valence-electron chi connectivity index (χ4n) is 1.25. The molecular formula is C10H12BrN3O2. The first-order chi connectivity index (χ1) is 7.81. The zero-order valence-corrected chi connectivity index (χ0v) is 10.5. The summed E-state index contributed by atoms with van der Waals surface area (Å²) in [5.41, 5.74) is 0.772. The number of hydrogen-bond acceptors (Lipinski definition) is 5. The number of furan rings is 1. The van der Waals surface area contributed by atoms with E-state index in [0.29, 0.717) is 23.0 Å². The molecular weight excluding hydrogens is 274 g/mol. The van der Waals surface area contributed by atoms with Crippen LogP contribution in [-0.2, 0) is 6.54 Å². The van der Waals surface area contributed by atoms with Crippen molar-refractivity contribution in [3.63, 3.8) is 0 Å². The van der Waals surface area contributed by atoms with Crippen molar-refractivity contribution in [2.75, 3.05) is 6.54 Å². The van der Waals surface area contributed by atoms with E-state index in [4.69, 9.17) is 8.83 Å². The summed E-state index contributed by atoms with van der Waals surface area (Å²) in [5.74, 6) is 1.05. The van der Waals surface area contributed by atoms with Crippen molar-refractivity contribution in [1.29, 1.82) is 0 Å². The maximum Gasteiger partial charge on any atom is 0.252 e. The molecule has 2 heterocycles. The van der Waals surface area contributed by atoms with E-state index in [9.17, 15) is 0 Å². The smallest absolute Gasteiger partial charge is 0.252 e. The highest BCUT2D eigenvalue weighted by Crippen LogP contribution is 2.27. The van der Waals surface area contributed by atoms with Crippen LogP contribution in [0.3, 0.4) is 0 Å². The summed E-state index contributed by atoms with van der Waals surface area (Å²) in [6, 6.07) is 1.78. The number of rotatable bonds is 5. The largest absolute Gasteiger partial charge is 0.457 e. The number of nitrogens with one attached hydrogen (secondary N) is 1. The minimum absolute atomic E-state index is 0.467. The third kappa shape index (κ3) is 2.51. The molecule has 0 saturated heterocycles. The Labute approximate surface area is 101 Å². The van der Waals surface area contributed by atoms with Crippen molar-refractivity contribution in [1.82, 2.24) is 15.5 Å². The SMILES string of the molecule is CCCNCc1nnc(-c2ccoc2Br)o1. The summed E-state index contributed by atoms with van der Waals surface area (Å²) in [4.78, 5) is 0. The third-order valence-corrected chi connectivity index (χ3v) is 2.63. The van der Waals surface area contributed by atoms with Gasteiger partial charge in [-0.15, -0.1) is 10.2 Å². The molecule has 16 heavy (non-hydrogen) atoms. The zero-order valence-electron chi connectivity index (χ0n) is 8.86. The lowest BCUT2D eigenvalue weighted by Gasteiger charge is -1.96. The highest BCUT2D eigenvalue weighted by Gasteiger charge is 2.13. The normalized spacial score (nSPS) is 10.9. The Balaban J connectivity index is 2.05. The van der Waals surface area contributed by atoms with Crippen molar-refractivity contribution in [3.05, 3.63) is 22.9 Å². The van der Waals surface area contributed by atoms with Crippen LogP contribution in [0.15, 0.2) is 25.8 Å². The summed E-state index contributed by atoms with van der Waals surface area (Å²) < 4.78 is 11.2. The average molecular weight is 286 g/mol. The molecule has 0 atom stereocenters. The van der Waals surface area contributed by atoms with Gasteiger partial charge in [-0.2, -0.15) is 0 Å². The quantitative estimate of drug-likeness (QED) is 0.856. The number of halogens is 1. The van der Waals surface area contributed by atoms with Gasteiger partial charge in [-0.1, -0.05) is 6.92 Å². The van der Waals surface area contributed by atoms with Gasteiger partial charge in [0.05, 0.1) is 18.4 Å². The van der Waals surface area contributed by atoms with E-state index in [1.54, 1.807) is 12.3 Å². The molecule has 0 radical (unpaired) electrons. The second kappa shape index (κ2) is 5.27. The van der Waals surface area contributed by atoms with Gasteiger partial charge in [0.2, 0.25) is 5.89 Å². The van der Waals surface area contributed by atoms with Crippen molar-refractivity contribution in [2.45, 2.75) is 19.9 Å². The molecule has 5 nitrogen and oxygen atoms in total. The monoisotopic (exact) mass is 285 g/mol. The van der Waals surface area contributed by atoms with Crippen LogP contribution in [-0.4, -0.2) is 16.7 Å². The van der Waals surface area contributed by atoms with E-state index in [-0.39, 0.29) is 0 Å². The van der Waals surface area contributed by atoms with E-state index >= 15 is 0 Å². The Morgan fingerprint density at radius 1 is 1.44 bits per heavy atom. The van der Waals surface area contributed by atoms with Crippen molar-refractivity contribution in [2.24, 2.45) is 0 Å². The summed E-state index contributed by atoms with van der Waals surface area (Å²) in [6.45, 7) is 3.64. The molecule has 6 heteroatoms. The van der Waals surface area contributed by atoms with Crippen molar-refractivity contribution in [3.8, 4) is 11.5 Å². The van der Waals surface area contributed by atoms with Gasteiger partial charge in [-0.05, 0) is 35.0 Å². The van der Waals surface area contributed by atoms with Crippen LogP contribution in [0.25, 0.3) is 11.5 Å². The van der Waals surface area contributed by atoms with Crippen LogP contribution < -0.4 is 5.32 Å². The Morgan fingerprint density at radius 3 is 3.00 bits per heavy atom. The highest BCUT2D eigenvalue weighted by molar-refractivity contribution is 9.10. The molecule has 0 saturated carbocycles. The van der Waals surface area contributed by atoms with Crippen LogP contribution in [0, 0.1) is 0 Å². The summed E-state index contributed by atoms with van der Waals surface area (Å²) in [5, 5.41) is 11.1. The predicted octanol–water partition coefficient (Wildman–Crippen LogP) is 2.59. The molecule has 0 spiro atoms. The molecule has 0 aromatic carbocycles. The first kappa shape index (κ1) is 11.3. The van der Waals surface area contributed by atoms with E-state index < -0.39 is 0 Å². The predicted molar refractivity (Wildman–Crippen MR) is 61.7 cm³/mol. The number of hydrogen-bond donors (Lipinski definition) is 1. The Kier molecular flexibility index (Phi) is 3.74. The van der Waals surface area contributed by atoms with Gasteiger partial charge in [0, 0.05) is 0 Å². The van der Waals surface area contributed by atoms with Crippen LogP contribution >= 0.6 is 15.9 Å². The number of aromatic nitrogens is 2. The molecule has 86 valence electrons. The van der Waals surface area contributed by atoms with Gasteiger partial charge in [0.25, 0.3) is 5.89 Å². The Bertz CT molecular complexity index is 452. The lowest BCUT2D eigenvalue weighted by atomic mass is 10.3. The second-order valence-corrected chi connectivity index (χ2v) is 4.01. The second-order valence-electron chi connectivity index (χ2n) is 3.29. The lowest BCUT2D eigenvalue weighted by Crippen LogP contribution is -2.13. The molecule has 0 aliphatic carbocycles. The molecule has 2 rings (SSSR count). The van der Waals surface area contributed by atoms with Crippen LogP contribution in [0.2, 0.25) is 0 Å². The highest BCUT2D eigenvalue weighted by atomic mass is 79.9. The zero-order chi connectivity index (χ0) is 11.4. The minimum atomic E-state index is 0.467. The topological polar surface area (TPSA) is 64.1 Å². The van der Waals surface area contributed by atoms with E-state index in [2.05, 4.69) is 38.4 Å². The van der Waals surface area contributed by atoms with E-state index in [0.717, 1.165) is 18.5 Å². The van der Waals surface area contributed by atoms with Crippen molar-refractivity contribution >= 4 is 15.9 Å². The fraction of sp³-hybridized carbons (Fsp3) is 0.400. The average Bonchev–Trinajstić information content (AvgIpc) is 2.87. The van der Waals surface area contributed by atoms with Crippen LogP contribution in [0.4, 0.5) is 0 Å². The molecule has 0 bridgehead atoms. The van der Waals surface area contributed by atoms with Gasteiger partial charge in [0.1, 0.15) is 0 Å². The summed E-state index contributed by atoms with van der Waals surface area (Å²) in [6.07, 6.45) is 2.65. The van der Waals surface area contributed by atoms with Gasteiger partial charge in [0.15, 0.2) is 4.67 Å². The lowest BCUT2D eigenvalue weighted by molar-refractivity contribution is 0.475. The standard InChI is InChI=1S/C10H12BrN3O2/c1-2-4-12-6-8-13-14-10(16-8)7-3-5-15-9(7)11/h3,5,12H,2,4,6H2,1H3. The molecule has 2 aromatic heterocycles. The van der Waals surface area contributed by atoms with Gasteiger partial charge >= 0.3 is 0 Å². The molecule has 0 aliphatic rings. The molecule has 0 aliphatic heterocycles. The molecule has 2 aromatic rings. The van der Waals surface area contributed by atoms with Gasteiger partial charge in [-0.25, -0.2) is 0 Å². The first-order valence-electron chi connectivity index (χ1n) is 5.07. The van der Waals surface area contributed by atoms with Crippen LogP contribution in [0.5, 0.6) is 0 Å². The molecule has 1 N–H and O–H groups in total. The van der Waals surface area contributed by atoms with Crippen molar-refractivity contribution < 1.29 is 8.83 Å². The summed E-state index contributed by atoms with van der Waals surface area (Å²) in [7, 11) is 0. The van der Waals surface area contributed by atoms with E-state index in [1.165, 1.54) is 0 Å². The van der Waals surface area contributed by atoms with Crippen LogP contribution in [0.1, 0.15) is 19.2 Å². The van der Waals surface area contributed by atoms with Gasteiger partial charge < -0.3 is 14.2 Å².